The van der Waals surface area contributed by atoms with E-state index in [1.54, 1.807) is 36.4 Å². The van der Waals surface area contributed by atoms with Gasteiger partial charge in [0, 0.05) is 5.88 Å². The van der Waals surface area contributed by atoms with Gasteiger partial charge in [-0.1, -0.05) is 54.6 Å². The van der Waals surface area contributed by atoms with Gasteiger partial charge in [0.15, 0.2) is 9.84 Å². The Balaban J connectivity index is 2.33. The molecular weight excluding hydrogens is 292 g/mol. The molecule has 2 aromatic carbocycles. The molecule has 2 nitrogen and oxygen atoms in total. The summed E-state index contributed by atoms with van der Waals surface area (Å²) in [4.78, 5) is 0.330. The van der Waals surface area contributed by atoms with Crippen LogP contribution in [0.3, 0.4) is 0 Å². The normalized spacial score (nSPS) is 12.3. The molecule has 0 aliphatic carbocycles. The number of hydrogen-bond acceptors (Lipinski definition) is 2. The highest BCUT2D eigenvalue weighted by atomic mass is 35.5. The quantitative estimate of drug-likeness (QED) is 0.788. The monoisotopic (exact) mass is 306 g/mol. The van der Waals surface area contributed by atoms with Crippen molar-refractivity contribution in [1.82, 2.24) is 0 Å². The van der Waals surface area contributed by atoms with E-state index in [0.717, 1.165) is 11.1 Å². The molecule has 20 heavy (non-hydrogen) atoms. The van der Waals surface area contributed by atoms with Crippen molar-refractivity contribution in [3.63, 3.8) is 0 Å². The van der Waals surface area contributed by atoms with Crippen LogP contribution >= 0.6 is 11.6 Å². The van der Waals surface area contributed by atoms with Gasteiger partial charge in [-0.2, -0.15) is 0 Å². The highest BCUT2D eigenvalue weighted by Crippen LogP contribution is 2.21. The summed E-state index contributed by atoms with van der Waals surface area (Å²) in [6, 6.07) is 17.9. The third kappa shape index (κ3) is 3.71. The number of sulfone groups is 1. The van der Waals surface area contributed by atoms with Crippen LogP contribution in [0.5, 0.6) is 0 Å². The van der Waals surface area contributed by atoms with Crippen LogP contribution in [0.4, 0.5) is 0 Å². The summed E-state index contributed by atoms with van der Waals surface area (Å²) >= 11 is 5.75. The molecule has 0 fully saturated rings. The van der Waals surface area contributed by atoms with Crippen molar-refractivity contribution in [3.05, 3.63) is 72.3 Å². The van der Waals surface area contributed by atoms with Crippen LogP contribution in [0.15, 0.2) is 71.6 Å². The van der Waals surface area contributed by atoms with Crippen LogP contribution in [-0.4, -0.2) is 20.1 Å². The largest absolute Gasteiger partial charge is 0.223 e. The smallest absolute Gasteiger partial charge is 0.182 e. The number of allylic oxidation sites excluding steroid dienone is 1. The Labute approximate surface area is 124 Å². The lowest BCUT2D eigenvalue weighted by Gasteiger charge is -2.09. The molecule has 0 bridgehead atoms. The second kappa shape index (κ2) is 6.73. The molecule has 0 saturated carbocycles. The van der Waals surface area contributed by atoms with E-state index in [2.05, 4.69) is 0 Å². The first-order valence-electron chi connectivity index (χ1n) is 6.22. The van der Waals surface area contributed by atoms with Gasteiger partial charge >= 0.3 is 0 Å². The van der Waals surface area contributed by atoms with E-state index in [0.29, 0.717) is 4.90 Å². The van der Waals surface area contributed by atoms with Crippen LogP contribution in [-0.2, 0) is 9.84 Å². The van der Waals surface area contributed by atoms with Gasteiger partial charge in [-0.15, -0.1) is 11.6 Å². The predicted octanol–water partition coefficient (Wildman–Crippen LogP) is 3.78. The fourth-order valence-corrected chi connectivity index (χ4v) is 3.54. The zero-order chi connectivity index (χ0) is 14.4. The van der Waals surface area contributed by atoms with Crippen molar-refractivity contribution in [2.75, 3.05) is 11.6 Å². The van der Waals surface area contributed by atoms with Crippen LogP contribution < -0.4 is 0 Å². The fraction of sp³-hybridized carbons (Fsp3) is 0.125. The highest BCUT2D eigenvalue weighted by Gasteiger charge is 2.17. The maximum Gasteiger partial charge on any atom is 0.182 e. The minimum atomic E-state index is -3.36. The molecule has 104 valence electrons. The molecule has 0 unspecified atom stereocenters. The molecule has 0 aliphatic heterocycles. The first-order valence-corrected chi connectivity index (χ1v) is 8.40. The Morgan fingerprint density at radius 3 is 2.05 bits per heavy atom. The molecule has 0 N–H and O–H groups in total. The average Bonchev–Trinajstić information content (AvgIpc) is 2.48. The van der Waals surface area contributed by atoms with Gasteiger partial charge in [-0.3, -0.25) is 0 Å². The topological polar surface area (TPSA) is 34.1 Å². The molecule has 0 amide bonds. The van der Waals surface area contributed by atoms with Gasteiger partial charge in [0.1, 0.15) is 0 Å². The second-order valence-corrected chi connectivity index (χ2v) is 6.62. The number of hydrogen-bond donors (Lipinski definition) is 0. The van der Waals surface area contributed by atoms with Crippen molar-refractivity contribution < 1.29 is 8.42 Å². The SMILES string of the molecule is O=S(=O)(C/C(=C/CCl)c1ccccc1)c1ccccc1. The molecule has 4 heteroatoms. The van der Waals surface area contributed by atoms with Crippen molar-refractivity contribution in [3.8, 4) is 0 Å². The van der Waals surface area contributed by atoms with Crippen LogP contribution in [0.25, 0.3) is 5.57 Å². The summed E-state index contributed by atoms with van der Waals surface area (Å²) in [6.07, 6.45) is 1.75. The maximum absolute atomic E-state index is 12.4. The first kappa shape index (κ1) is 14.8. The van der Waals surface area contributed by atoms with E-state index < -0.39 is 9.84 Å². The molecular formula is C16H15ClO2S. The Morgan fingerprint density at radius 1 is 0.950 bits per heavy atom. The van der Waals surface area contributed by atoms with E-state index in [9.17, 15) is 8.42 Å². The summed E-state index contributed by atoms with van der Waals surface area (Å²) < 4.78 is 24.8. The van der Waals surface area contributed by atoms with Gasteiger partial charge in [-0.05, 0) is 23.3 Å². The minimum absolute atomic E-state index is 0.0479. The predicted molar refractivity (Wildman–Crippen MR) is 83.6 cm³/mol. The van der Waals surface area contributed by atoms with Crippen LogP contribution in [0.1, 0.15) is 5.56 Å². The summed E-state index contributed by atoms with van der Waals surface area (Å²) in [6.45, 7) is 0. The average molecular weight is 307 g/mol. The molecule has 0 aliphatic rings. The van der Waals surface area contributed by atoms with Gasteiger partial charge in [0.05, 0.1) is 10.6 Å². The highest BCUT2D eigenvalue weighted by molar-refractivity contribution is 7.91. The van der Waals surface area contributed by atoms with Crippen molar-refractivity contribution in [2.24, 2.45) is 0 Å². The molecule has 0 heterocycles. The summed E-state index contributed by atoms with van der Waals surface area (Å²) in [5.74, 6) is 0.238. The third-order valence-corrected chi connectivity index (χ3v) is 4.75. The Bertz CT molecular complexity index is 677. The van der Waals surface area contributed by atoms with E-state index in [1.807, 2.05) is 30.3 Å². The molecule has 0 atom stereocenters. The van der Waals surface area contributed by atoms with E-state index in [4.69, 9.17) is 11.6 Å². The lowest BCUT2D eigenvalue weighted by molar-refractivity contribution is 0.599. The first-order chi connectivity index (χ1) is 9.63. The number of benzene rings is 2. The van der Waals surface area contributed by atoms with Gasteiger partial charge < -0.3 is 0 Å². The summed E-state index contributed by atoms with van der Waals surface area (Å²) in [5.41, 5.74) is 1.61. The Morgan fingerprint density at radius 2 is 1.50 bits per heavy atom. The fourth-order valence-electron chi connectivity index (χ4n) is 1.92. The zero-order valence-corrected chi connectivity index (χ0v) is 12.4. The summed E-state index contributed by atoms with van der Waals surface area (Å²) in [7, 11) is -3.36. The molecule has 2 rings (SSSR count). The molecule has 0 spiro atoms. The van der Waals surface area contributed by atoms with E-state index in [-0.39, 0.29) is 11.6 Å². The number of halogens is 1. The maximum atomic E-state index is 12.4. The van der Waals surface area contributed by atoms with Crippen molar-refractivity contribution >= 4 is 27.0 Å². The second-order valence-electron chi connectivity index (χ2n) is 4.32. The standard InChI is InChI=1S/C16H15ClO2S/c17-12-11-15(14-7-3-1-4-8-14)13-20(18,19)16-9-5-2-6-10-16/h1-11H,12-13H2/b15-11-. The number of alkyl halides is 1. The van der Waals surface area contributed by atoms with Gasteiger partial charge in [0.25, 0.3) is 0 Å². The zero-order valence-electron chi connectivity index (χ0n) is 10.9. The lowest BCUT2D eigenvalue weighted by atomic mass is 10.1. The third-order valence-electron chi connectivity index (χ3n) is 2.92. The lowest BCUT2D eigenvalue weighted by Crippen LogP contribution is -2.08. The minimum Gasteiger partial charge on any atom is -0.223 e. The van der Waals surface area contributed by atoms with E-state index >= 15 is 0 Å². The number of rotatable bonds is 5. The van der Waals surface area contributed by atoms with Gasteiger partial charge in [0.2, 0.25) is 0 Å². The van der Waals surface area contributed by atoms with Gasteiger partial charge in [-0.25, -0.2) is 8.42 Å². The van der Waals surface area contributed by atoms with Crippen molar-refractivity contribution in [2.45, 2.75) is 4.90 Å². The Hall–Kier alpha value is -1.58. The molecule has 0 radical (unpaired) electrons. The van der Waals surface area contributed by atoms with Crippen molar-refractivity contribution in [1.29, 1.82) is 0 Å². The van der Waals surface area contributed by atoms with E-state index in [1.165, 1.54) is 0 Å². The molecule has 0 aromatic heterocycles. The van der Waals surface area contributed by atoms with Crippen LogP contribution in [0, 0.1) is 0 Å². The molecule has 0 saturated heterocycles. The van der Waals surface area contributed by atoms with Crippen LogP contribution in [0.2, 0.25) is 0 Å². The molecule has 2 aromatic rings. The Kier molecular flexibility index (Phi) is 4.99. The summed E-state index contributed by atoms with van der Waals surface area (Å²) in [5, 5.41) is 0.